The molecule has 1 heterocycles. The van der Waals surface area contributed by atoms with Gasteiger partial charge in [0.15, 0.2) is 0 Å². The molecule has 0 unspecified atom stereocenters. The second kappa shape index (κ2) is 3.22. The zero-order valence-corrected chi connectivity index (χ0v) is 8.33. The van der Waals surface area contributed by atoms with Crippen LogP contribution in [0.2, 0.25) is 0 Å². The van der Waals surface area contributed by atoms with Crippen molar-refractivity contribution in [1.82, 2.24) is 4.31 Å². The topological polar surface area (TPSA) is 57.6 Å². The third-order valence-electron chi connectivity index (χ3n) is 2.72. The fourth-order valence-corrected chi connectivity index (χ4v) is 3.64. The fraction of sp³-hybridized carbons (Fsp3) is 1.00. The molecule has 0 bridgehead atoms. The van der Waals surface area contributed by atoms with Crippen molar-refractivity contribution in [3.8, 4) is 0 Å². The number of nitrogens with zero attached hydrogens (tertiary/aromatic N) is 1. The normalized spacial score (nSPS) is 33.8. The first-order chi connectivity index (χ1) is 6.12. The maximum Gasteiger partial charge on any atom is 0.214 e. The molecule has 0 aromatic rings. The average molecular weight is 205 g/mol. The largest absolute Gasteiger partial charge is 0.396 e. The van der Waals surface area contributed by atoms with Crippen LogP contribution in [0.5, 0.6) is 0 Å². The van der Waals surface area contributed by atoms with Gasteiger partial charge in [-0.2, -0.15) is 0 Å². The first-order valence-corrected chi connectivity index (χ1v) is 6.31. The highest BCUT2D eigenvalue weighted by molar-refractivity contribution is 7.89. The molecule has 2 rings (SSSR count). The van der Waals surface area contributed by atoms with Gasteiger partial charge in [-0.25, -0.2) is 12.7 Å². The molecule has 0 aromatic heterocycles. The molecule has 5 heteroatoms. The van der Waals surface area contributed by atoms with E-state index < -0.39 is 10.0 Å². The molecule has 0 spiro atoms. The van der Waals surface area contributed by atoms with Crippen molar-refractivity contribution in [2.75, 3.05) is 25.4 Å². The summed E-state index contributed by atoms with van der Waals surface area (Å²) in [7, 11) is -3.03. The van der Waals surface area contributed by atoms with Crippen LogP contribution >= 0.6 is 0 Å². The Morgan fingerprint density at radius 2 is 2.00 bits per heavy atom. The van der Waals surface area contributed by atoms with Crippen molar-refractivity contribution in [3.63, 3.8) is 0 Å². The Bertz CT molecular complexity index is 284. The Labute approximate surface area is 78.6 Å². The molecule has 1 aliphatic heterocycles. The Kier molecular flexibility index (Phi) is 2.33. The third kappa shape index (κ3) is 2.03. The zero-order chi connectivity index (χ0) is 9.47. The van der Waals surface area contributed by atoms with Crippen LogP contribution in [-0.2, 0) is 10.0 Å². The van der Waals surface area contributed by atoms with E-state index in [0.717, 1.165) is 12.8 Å². The molecule has 4 nitrogen and oxygen atoms in total. The molecule has 1 saturated heterocycles. The molecule has 2 fully saturated rings. The summed E-state index contributed by atoms with van der Waals surface area (Å²) < 4.78 is 24.6. The molecule has 2 aliphatic rings. The van der Waals surface area contributed by atoms with Crippen LogP contribution < -0.4 is 0 Å². The van der Waals surface area contributed by atoms with Gasteiger partial charge in [0.05, 0.1) is 5.75 Å². The summed E-state index contributed by atoms with van der Waals surface area (Å²) in [5, 5.41) is 8.87. The highest BCUT2D eigenvalue weighted by Gasteiger charge is 2.38. The standard InChI is InChI=1S/C8H15NO3S/c10-5-8-4-9(3-7-1-2-7)13(11,12)6-8/h7-8,10H,1-6H2/t8-/m0/s1. The van der Waals surface area contributed by atoms with Crippen molar-refractivity contribution < 1.29 is 13.5 Å². The van der Waals surface area contributed by atoms with Gasteiger partial charge in [0, 0.05) is 25.6 Å². The molecule has 0 amide bonds. The van der Waals surface area contributed by atoms with Crippen LogP contribution in [0.1, 0.15) is 12.8 Å². The maximum atomic E-state index is 11.5. The van der Waals surface area contributed by atoms with E-state index in [9.17, 15) is 8.42 Å². The second-order valence-electron chi connectivity index (χ2n) is 4.09. The van der Waals surface area contributed by atoms with Crippen LogP contribution in [0.3, 0.4) is 0 Å². The van der Waals surface area contributed by atoms with Crippen molar-refractivity contribution >= 4 is 10.0 Å². The smallest absolute Gasteiger partial charge is 0.214 e. The van der Waals surface area contributed by atoms with Crippen molar-refractivity contribution in [2.45, 2.75) is 12.8 Å². The van der Waals surface area contributed by atoms with E-state index in [4.69, 9.17) is 5.11 Å². The van der Waals surface area contributed by atoms with Gasteiger partial charge in [0.25, 0.3) is 0 Å². The monoisotopic (exact) mass is 205 g/mol. The van der Waals surface area contributed by atoms with E-state index in [1.165, 1.54) is 0 Å². The van der Waals surface area contributed by atoms with Crippen molar-refractivity contribution in [2.24, 2.45) is 11.8 Å². The van der Waals surface area contributed by atoms with Crippen LogP contribution in [0.15, 0.2) is 0 Å². The number of hydrogen-bond donors (Lipinski definition) is 1. The first kappa shape index (κ1) is 9.43. The average Bonchev–Trinajstić information content (AvgIpc) is 2.80. The van der Waals surface area contributed by atoms with Crippen LogP contribution in [0.25, 0.3) is 0 Å². The number of aliphatic hydroxyl groups is 1. The lowest BCUT2D eigenvalue weighted by Gasteiger charge is -2.13. The Morgan fingerprint density at radius 1 is 1.31 bits per heavy atom. The summed E-state index contributed by atoms with van der Waals surface area (Å²) in [5.74, 6) is 0.659. The Hall–Kier alpha value is -0.130. The van der Waals surface area contributed by atoms with Gasteiger partial charge in [-0.1, -0.05) is 0 Å². The second-order valence-corrected chi connectivity index (χ2v) is 6.10. The Morgan fingerprint density at radius 3 is 2.46 bits per heavy atom. The van der Waals surface area contributed by atoms with Gasteiger partial charge in [-0.05, 0) is 18.8 Å². The van der Waals surface area contributed by atoms with E-state index in [1.807, 2.05) is 0 Å². The fourth-order valence-electron chi connectivity index (χ4n) is 1.74. The minimum Gasteiger partial charge on any atom is -0.396 e. The highest BCUT2D eigenvalue weighted by atomic mass is 32.2. The molecule has 1 atom stereocenters. The quantitative estimate of drug-likeness (QED) is 0.685. The van der Waals surface area contributed by atoms with Gasteiger partial charge in [-0.15, -0.1) is 0 Å². The van der Waals surface area contributed by atoms with E-state index >= 15 is 0 Å². The van der Waals surface area contributed by atoms with Gasteiger partial charge in [-0.3, -0.25) is 0 Å². The molecule has 1 saturated carbocycles. The maximum absolute atomic E-state index is 11.5. The van der Waals surface area contributed by atoms with Crippen LogP contribution in [0.4, 0.5) is 0 Å². The molecule has 13 heavy (non-hydrogen) atoms. The van der Waals surface area contributed by atoms with Gasteiger partial charge >= 0.3 is 0 Å². The number of hydrogen-bond acceptors (Lipinski definition) is 3. The molecule has 1 N–H and O–H groups in total. The predicted octanol–water partition coefficient (Wildman–Crippen LogP) is -0.350. The minimum absolute atomic E-state index is 0.0135. The number of sulfonamides is 1. The van der Waals surface area contributed by atoms with E-state index in [0.29, 0.717) is 19.0 Å². The number of aliphatic hydroxyl groups excluding tert-OH is 1. The summed E-state index contributed by atoms with van der Waals surface area (Å²) in [6.07, 6.45) is 2.33. The highest BCUT2D eigenvalue weighted by Crippen LogP contribution is 2.32. The van der Waals surface area contributed by atoms with Gasteiger partial charge in [0.1, 0.15) is 0 Å². The Balaban J connectivity index is 2.00. The van der Waals surface area contributed by atoms with Gasteiger partial charge < -0.3 is 5.11 Å². The summed E-state index contributed by atoms with van der Waals surface area (Å²) in [6.45, 7) is 1.19. The van der Waals surface area contributed by atoms with Crippen molar-refractivity contribution in [3.05, 3.63) is 0 Å². The summed E-state index contributed by atoms with van der Waals surface area (Å²) >= 11 is 0. The molecular formula is C8H15NO3S. The molecule has 76 valence electrons. The lowest BCUT2D eigenvalue weighted by molar-refractivity contribution is 0.228. The zero-order valence-electron chi connectivity index (χ0n) is 7.52. The van der Waals surface area contributed by atoms with Crippen molar-refractivity contribution in [1.29, 1.82) is 0 Å². The summed E-state index contributed by atoms with van der Waals surface area (Å²) in [4.78, 5) is 0. The lowest BCUT2D eigenvalue weighted by Crippen LogP contribution is -2.28. The minimum atomic E-state index is -3.03. The number of rotatable bonds is 3. The lowest BCUT2D eigenvalue weighted by atomic mass is 10.2. The van der Waals surface area contributed by atoms with E-state index in [1.54, 1.807) is 4.31 Å². The molecular weight excluding hydrogens is 190 g/mol. The summed E-state index contributed by atoms with van der Waals surface area (Å²) in [5.41, 5.74) is 0. The third-order valence-corrected chi connectivity index (χ3v) is 4.70. The van der Waals surface area contributed by atoms with Crippen LogP contribution in [-0.4, -0.2) is 43.3 Å². The summed E-state index contributed by atoms with van der Waals surface area (Å²) in [6, 6.07) is 0. The molecule has 0 aromatic carbocycles. The SMILES string of the molecule is O=S1(=O)C[C@H](CO)CN1CC1CC1. The molecule has 1 aliphatic carbocycles. The van der Waals surface area contributed by atoms with E-state index in [-0.39, 0.29) is 18.3 Å². The van der Waals surface area contributed by atoms with Crippen LogP contribution in [0, 0.1) is 11.8 Å². The predicted molar refractivity (Wildman–Crippen MR) is 48.7 cm³/mol. The first-order valence-electron chi connectivity index (χ1n) is 4.70. The molecule has 0 radical (unpaired) electrons. The van der Waals surface area contributed by atoms with Gasteiger partial charge in [0.2, 0.25) is 10.0 Å². The van der Waals surface area contributed by atoms with E-state index in [2.05, 4.69) is 0 Å².